The number of aromatic nitrogens is 4. The first-order valence-corrected chi connectivity index (χ1v) is 4.92. The number of amides is 1. The van der Waals surface area contributed by atoms with Gasteiger partial charge in [-0.2, -0.15) is 0 Å². The van der Waals surface area contributed by atoms with Gasteiger partial charge in [-0.15, -0.1) is 5.10 Å². The highest BCUT2D eigenvalue weighted by Gasteiger charge is 2.09. The summed E-state index contributed by atoms with van der Waals surface area (Å²) in [6.45, 7) is 2.42. The maximum Gasteiger partial charge on any atom is 0.273 e. The zero-order chi connectivity index (χ0) is 11.4. The number of carbonyl (C=O) groups is 1. The molecule has 0 aliphatic heterocycles. The average Bonchev–Trinajstić information content (AvgIpc) is 2.80. The van der Waals surface area contributed by atoms with Crippen molar-refractivity contribution in [2.24, 2.45) is 0 Å². The minimum absolute atomic E-state index is 0.224. The largest absolute Gasteiger partial charge is 0.351 e. The van der Waals surface area contributed by atoms with Crippen LogP contribution >= 0.6 is 0 Å². The molecule has 6 heteroatoms. The van der Waals surface area contributed by atoms with E-state index in [9.17, 15) is 4.79 Å². The van der Waals surface area contributed by atoms with Crippen molar-refractivity contribution in [1.29, 1.82) is 0 Å². The zero-order valence-corrected chi connectivity index (χ0v) is 8.79. The van der Waals surface area contributed by atoms with Crippen LogP contribution in [0.15, 0.2) is 30.7 Å². The van der Waals surface area contributed by atoms with Gasteiger partial charge >= 0.3 is 0 Å². The Hall–Kier alpha value is -2.24. The lowest BCUT2D eigenvalue weighted by Gasteiger charge is -1.97. The lowest BCUT2D eigenvalue weighted by atomic mass is 10.4. The van der Waals surface area contributed by atoms with Crippen molar-refractivity contribution in [3.8, 4) is 5.69 Å². The highest BCUT2D eigenvalue weighted by molar-refractivity contribution is 5.91. The van der Waals surface area contributed by atoms with Gasteiger partial charge in [-0.1, -0.05) is 5.21 Å². The molecule has 0 saturated heterocycles. The van der Waals surface area contributed by atoms with E-state index in [1.54, 1.807) is 24.7 Å². The van der Waals surface area contributed by atoms with Crippen molar-refractivity contribution < 1.29 is 4.79 Å². The van der Waals surface area contributed by atoms with E-state index in [4.69, 9.17) is 0 Å². The van der Waals surface area contributed by atoms with Crippen LogP contribution in [0.2, 0.25) is 0 Å². The minimum Gasteiger partial charge on any atom is -0.351 e. The summed E-state index contributed by atoms with van der Waals surface area (Å²) in [4.78, 5) is 15.4. The Morgan fingerprint density at radius 3 is 3.12 bits per heavy atom. The SMILES string of the molecule is CCNC(=O)c1cn(-c2cccnc2)nn1. The van der Waals surface area contributed by atoms with E-state index in [1.807, 2.05) is 13.0 Å². The first kappa shape index (κ1) is 10.3. The Bertz CT molecular complexity index is 479. The second kappa shape index (κ2) is 4.52. The first-order valence-electron chi connectivity index (χ1n) is 4.92. The predicted molar refractivity (Wildman–Crippen MR) is 57.2 cm³/mol. The Balaban J connectivity index is 2.23. The van der Waals surface area contributed by atoms with Crippen LogP contribution in [0.3, 0.4) is 0 Å². The fourth-order valence-electron chi connectivity index (χ4n) is 1.23. The number of rotatable bonds is 3. The summed E-state index contributed by atoms with van der Waals surface area (Å²) in [7, 11) is 0. The quantitative estimate of drug-likeness (QED) is 0.808. The molecule has 0 spiro atoms. The lowest BCUT2D eigenvalue weighted by molar-refractivity contribution is 0.0951. The zero-order valence-electron chi connectivity index (χ0n) is 8.79. The number of carbonyl (C=O) groups excluding carboxylic acids is 1. The van der Waals surface area contributed by atoms with Gasteiger partial charge in [-0.3, -0.25) is 9.78 Å². The summed E-state index contributed by atoms with van der Waals surface area (Å²) >= 11 is 0. The second-order valence-electron chi connectivity index (χ2n) is 3.12. The van der Waals surface area contributed by atoms with Crippen LogP contribution < -0.4 is 5.32 Å². The monoisotopic (exact) mass is 217 g/mol. The Morgan fingerprint density at radius 1 is 1.56 bits per heavy atom. The fourth-order valence-corrected chi connectivity index (χ4v) is 1.23. The first-order chi connectivity index (χ1) is 7.81. The number of hydrogen-bond donors (Lipinski definition) is 1. The van der Waals surface area contributed by atoms with Gasteiger partial charge < -0.3 is 5.32 Å². The number of nitrogens with one attached hydrogen (secondary N) is 1. The number of nitrogens with zero attached hydrogens (tertiary/aromatic N) is 4. The summed E-state index contributed by atoms with van der Waals surface area (Å²) in [5.74, 6) is -0.224. The highest BCUT2D eigenvalue weighted by Crippen LogP contribution is 2.03. The minimum atomic E-state index is -0.224. The van der Waals surface area contributed by atoms with Crippen LogP contribution in [-0.2, 0) is 0 Å². The van der Waals surface area contributed by atoms with E-state index in [2.05, 4.69) is 20.6 Å². The van der Waals surface area contributed by atoms with Gasteiger partial charge in [0.2, 0.25) is 0 Å². The van der Waals surface area contributed by atoms with Crippen LogP contribution in [0, 0.1) is 0 Å². The standard InChI is InChI=1S/C10H11N5O/c1-2-12-10(16)9-7-15(14-13-9)8-4-3-5-11-6-8/h3-7H,2H2,1H3,(H,12,16). The van der Waals surface area contributed by atoms with E-state index >= 15 is 0 Å². The molecule has 1 amide bonds. The molecule has 6 nitrogen and oxygen atoms in total. The molecular weight excluding hydrogens is 206 g/mol. The average molecular weight is 217 g/mol. The molecule has 1 N–H and O–H groups in total. The van der Waals surface area contributed by atoms with Crippen molar-refractivity contribution >= 4 is 5.91 Å². The predicted octanol–water partition coefficient (Wildman–Crippen LogP) is 0.412. The third kappa shape index (κ3) is 2.05. The van der Waals surface area contributed by atoms with E-state index in [0.717, 1.165) is 5.69 Å². The van der Waals surface area contributed by atoms with Crippen molar-refractivity contribution in [2.75, 3.05) is 6.54 Å². The summed E-state index contributed by atoms with van der Waals surface area (Å²) in [5, 5.41) is 10.3. The Labute approximate surface area is 92.3 Å². The summed E-state index contributed by atoms with van der Waals surface area (Å²) < 4.78 is 1.51. The molecule has 2 rings (SSSR count). The third-order valence-corrected chi connectivity index (χ3v) is 1.97. The maximum absolute atomic E-state index is 11.4. The molecule has 0 saturated carbocycles. The lowest BCUT2D eigenvalue weighted by Crippen LogP contribution is -2.22. The van der Waals surface area contributed by atoms with Gasteiger partial charge in [0.15, 0.2) is 5.69 Å². The molecule has 82 valence electrons. The van der Waals surface area contributed by atoms with E-state index in [0.29, 0.717) is 12.2 Å². The molecule has 2 aromatic rings. The van der Waals surface area contributed by atoms with Crippen molar-refractivity contribution in [1.82, 2.24) is 25.3 Å². The van der Waals surface area contributed by atoms with Gasteiger partial charge in [-0.05, 0) is 19.1 Å². The van der Waals surface area contributed by atoms with Gasteiger partial charge in [0.1, 0.15) is 0 Å². The van der Waals surface area contributed by atoms with Crippen LogP contribution in [0.25, 0.3) is 5.69 Å². The number of pyridine rings is 1. The smallest absolute Gasteiger partial charge is 0.273 e. The molecule has 0 unspecified atom stereocenters. The summed E-state index contributed by atoms with van der Waals surface area (Å²) in [5.41, 5.74) is 1.07. The van der Waals surface area contributed by atoms with Crippen molar-refractivity contribution in [3.05, 3.63) is 36.4 Å². The van der Waals surface area contributed by atoms with E-state index in [1.165, 1.54) is 4.68 Å². The Kier molecular flexibility index (Phi) is 2.90. The molecule has 0 aliphatic rings. The topological polar surface area (TPSA) is 72.7 Å². The number of hydrogen-bond acceptors (Lipinski definition) is 4. The normalized spacial score (nSPS) is 10.1. The molecule has 2 aromatic heterocycles. The molecule has 0 aromatic carbocycles. The Morgan fingerprint density at radius 2 is 2.44 bits per heavy atom. The molecule has 0 aliphatic carbocycles. The molecule has 16 heavy (non-hydrogen) atoms. The molecule has 0 bridgehead atoms. The van der Waals surface area contributed by atoms with Crippen LogP contribution in [0.1, 0.15) is 17.4 Å². The van der Waals surface area contributed by atoms with Gasteiger partial charge in [0.05, 0.1) is 18.1 Å². The van der Waals surface area contributed by atoms with Crippen molar-refractivity contribution in [2.45, 2.75) is 6.92 Å². The van der Waals surface area contributed by atoms with Gasteiger partial charge in [0, 0.05) is 12.7 Å². The maximum atomic E-state index is 11.4. The second-order valence-corrected chi connectivity index (χ2v) is 3.12. The molecule has 0 fully saturated rings. The fraction of sp³-hybridized carbons (Fsp3) is 0.200. The molecule has 0 atom stereocenters. The van der Waals surface area contributed by atoms with Crippen LogP contribution in [-0.4, -0.2) is 32.4 Å². The van der Waals surface area contributed by atoms with Crippen molar-refractivity contribution in [3.63, 3.8) is 0 Å². The molecule has 0 radical (unpaired) electrons. The van der Waals surface area contributed by atoms with Crippen LogP contribution in [0.5, 0.6) is 0 Å². The van der Waals surface area contributed by atoms with E-state index < -0.39 is 0 Å². The van der Waals surface area contributed by atoms with Crippen LogP contribution in [0.4, 0.5) is 0 Å². The summed E-state index contributed by atoms with van der Waals surface area (Å²) in [6, 6.07) is 3.63. The molecular formula is C10H11N5O. The highest BCUT2D eigenvalue weighted by atomic mass is 16.1. The van der Waals surface area contributed by atoms with E-state index in [-0.39, 0.29) is 5.91 Å². The van der Waals surface area contributed by atoms with Gasteiger partial charge in [-0.25, -0.2) is 4.68 Å². The third-order valence-electron chi connectivity index (χ3n) is 1.97. The molecule has 2 heterocycles. The summed E-state index contributed by atoms with van der Waals surface area (Å²) in [6.07, 6.45) is 4.89. The van der Waals surface area contributed by atoms with Gasteiger partial charge in [0.25, 0.3) is 5.91 Å².